The quantitative estimate of drug-likeness (QED) is 0.377. The molecule has 1 fully saturated rings. The molecule has 25 heavy (non-hydrogen) atoms. The lowest BCUT2D eigenvalue weighted by atomic mass is 9.72. The summed E-state index contributed by atoms with van der Waals surface area (Å²) in [5, 5.41) is 19.1. The molecular weight excluding hydrogens is 316 g/mol. The summed E-state index contributed by atoms with van der Waals surface area (Å²) in [4.78, 5) is 16.8. The van der Waals surface area contributed by atoms with E-state index in [1.807, 2.05) is 27.7 Å². The summed E-state index contributed by atoms with van der Waals surface area (Å²) in [6, 6.07) is 0. The number of amides is 1. The van der Waals surface area contributed by atoms with Gasteiger partial charge in [-0.2, -0.15) is 0 Å². The molecule has 0 aromatic heterocycles. The predicted octanol–water partition coefficient (Wildman–Crippen LogP) is 2.04. The summed E-state index contributed by atoms with van der Waals surface area (Å²) in [5.41, 5.74) is -0.371. The SMILES string of the molecule is CCNC(=O)C(C)(C)CN=C(NCC)NCC1(CCO)CCCCC1. The van der Waals surface area contributed by atoms with Crippen LogP contribution in [-0.4, -0.2) is 49.8 Å². The number of carbonyl (C=O) groups is 1. The van der Waals surface area contributed by atoms with E-state index in [4.69, 9.17) is 0 Å². The first kappa shape index (κ1) is 21.7. The smallest absolute Gasteiger partial charge is 0.227 e. The van der Waals surface area contributed by atoms with Crippen LogP contribution in [0.25, 0.3) is 0 Å². The Balaban J connectivity index is 2.70. The van der Waals surface area contributed by atoms with Crippen molar-refractivity contribution in [2.45, 2.75) is 66.2 Å². The minimum absolute atomic E-state index is 0.0265. The summed E-state index contributed by atoms with van der Waals surface area (Å²) >= 11 is 0. The number of carbonyl (C=O) groups excluding carboxylic acids is 1. The van der Waals surface area contributed by atoms with Crippen molar-refractivity contribution in [1.82, 2.24) is 16.0 Å². The molecule has 0 saturated heterocycles. The number of aliphatic hydroxyl groups is 1. The molecule has 0 heterocycles. The first-order valence-corrected chi connectivity index (χ1v) is 9.80. The van der Waals surface area contributed by atoms with Crippen LogP contribution in [0.2, 0.25) is 0 Å². The number of aliphatic hydroxyl groups excluding tert-OH is 1. The highest BCUT2D eigenvalue weighted by molar-refractivity contribution is 5.83. The Bertz CT molecular complexity index is 424. The monoisotopic (exact) mass is 354 g/mol. The zero-order chi connectivity index (χ0) is 18.8. The summed E-state index contributed by atoms with van der Waals surface area (Å²) in [6.07, 6.45) is 6.92. The van der Waals surface area contributed by atoms with Crippen LogP contribution < -0.4 is 16.0 Å². The van der Waals surface area contributed by atoms with E-state index >= 15 is 0 Å². The molecule has 0 aromatic rings. The Morgan fingerprint density at radius 2 is 1.72 bits per heavy atom. The van der Waals surface area contributed by atoms with E-state index in [9.17, 15) is 9.90 Å². The Kier molecular flexibility index (Phi) is 9.25. The van der Waals surface area contributed by atoms with Gasteiger partial charge < -0.3 is 21.1 Å². The normalized spacial score (nSPS) is 17.9. The number of hydrogen-bond donors (Lipinski definition) is 4. The van der Waals surface area contributed by atoms with Crippen LogP contribution >= 0.6 is 0 Å². The molecule has 4 N–H and O–H groups in total. The minimum atomic E-state index is -0.536. The van der Waals surface area contributed by atoms with Crippen LogP contribution in [0.3, 0.4) is 0 Å². The second-order valence-electron chi connectivity index (χ2n) is 7.83. The number of rotatable bonds is 9. The molecule has 0 radical (unpaired) electrons. The van der Waals surface area contributed by atoms with Gasteiger partial charge in [0, 0.05) is 26.2 Å². The predicted molar refractivity (Wildman–Crippen MR) is 104 cm³/mol. The van der Waals surface area contributed by atoms with Gasteiger partial charge in [0.25, 0.3) is 0 Å². The van der Waals surface area contributed by atoms with Crippen LogP contribution in [0.1, 0.15) is 66.2 Å². The maximum absolute atomic E-state index is 12.1. The number of nitrogens with zero attached hydrogens (tertiary/aromatic N) is 1. The van der Waals surface area contributed by atoms with Crippen molar-refractivity contribution in [3.8, 4) is 0 Å². The maximum atomic E-state index is 12.1. The van der Waals surface area contributed by atoms with E-state index in [-0.39, 0.29) is 17.9 Å². The van der Waals surface area contributed by atoms with Crippen LogP contribution in [0, 0.1) is 10.8 Å². The molecule has 146 valence electrons. The molecule has 1 aliphatic rings. The van der Waals surface area contributed by atoms with Crippen LogP contribution in [-0.2, 0) is 4.79 Å². The van der Waals surface area contributed by atoms with Gasteiger partial charge in [-0.3, -0.25) is 9.79 Å². The third-order valence-corrected chi connectivity index (χ3v) is 5.12. The molecule has 1 saturated carbocycles. The van der Waals surface area contributed by atoms with Crippen molar-refractivity contribution in [1.29, 1.82) is 0 Å². The summed E-state index contributed by atoms with van der Waals surface area (Å²) in [5.74, 6) is 0.779. The first-order chi connectivity index (χ1) is 11.9. The third kappa shape index (κ3) is 7.22. The summed E-state index contributed by atoms with van der Waals surface area (Å²) < 4.78 is 0. The lowest BCUT2D eigenvalue weighted by Gasteiger charge is -2.37. The average Bonchev–Trinajstić information content (AvgIpc) is 2.59. The van der Waals surface area contributed by atoms with E-state index in [1.54, 1.807) is 0 Å². The second-order valence-corrected chi connectivity index (χ2v) is 7.83. The standard InChI is InChI=1S/C19H38N4O2/c1-5-20-16(25)18(3,4)14-22-17(21-6-2)23-15-19(12-13-24)10-8-7-9-11-19/h24H,5-15H2,1-4H3,(H,20,25)(H2,21,22,23). The zero-order valence-corrected chi connectivity index (χ0v) is 16.6. The van der Waals surface area contributed by atoms with Crippen molar-refractivity contribution in [2.24, 2.45) is 15.8 Å². The van der Waals surface area contributed by atoms with E-state index in [2.05, 4.69) is 20.9 Å². The van der Waals surface area contributed by atoms with E-state index in [0.717, 1.165) is 38.3 Å². The largest absolute Gasteiger partial charge is 0.396 e. The zero-order valence-electron chi connectivity index (χ0n) is 16.6. The van der Waals surface area contributed by atoms with E-state index in [0.29, 0.717) is 13.1 Å². The van der Waals surface area contributed by atoms with Crippen LogP contribution in [0.15, 0.2) is 4.99 Å². The van der Waals surface area contributed by atoms with Crippen molar-refractivity contribution in [3.05, 3.63) is 0 Å². The lowest BCUT2D eigenvalue weighted by molar-refractivity contribution is -0.128. The molecule has 0 atom stereocenters. The van der Waals surface area contributed by atoms with Crippen LogP contribution in [0.5, 0.6) is 0 Å². The fraction of sp³-hybridized carbons (Fsp3) is 0.895. The Morgan fingerprint density at radius 1 is 1.08 bits per heavy atom. The second kappa shape index (κ2) is 10.6. The van der Waals surface area contributed by atoms with Crippen molar-refractivity contribution < 1.29 is 9.90 Å². The molecular formula is C19H38N4O2. The Morgan fingerprint density at radius 3 is 2.28 bits per heavy atom. The number of guanidine groups is 1. The fourth-order valence-electron chi connectivity index (χ4n) is 3.42. The Hall–Kier alpha value is -1.30. The van der Waals surface area contributed by atoms with Gasteiger partial charge in [-0.05, 0) is 52.4 Å². The molecule has 1 rings (SSSR count). The van der Waals surface area contributed by atoms with E-state index in [1.165, 1.54) is 19.3 Å². The number of aliphatic imine (C=N–C) groups is 1. The molecule has 0 bridgehead atoms. The first-order valence-electron chi connectivity index (χ1n) is 9.80. The minimum Gasteiger partial charge on any atom is -0.396 e. The molecule has 0 aliphatic heterocycles. The van der Waals surface area contributed by atoms with Gasteiger partial charge in [0.2, 0.25) is 5.91 Å². The molecule has 0 unspecified atom stereocenters. The Labute approximate surface area is 153 Å². The molecule has 6 nitrogen and oxygen atoms in total. The lowest BCUT2D eigenvalue weighted by Crippen LogP contribution is -2.46. The highest BCUT2D eigenvalue weighted by atomic mass is 16.3. The molecule has 1 amide bonds. The van der Waals surface area contributed by atoms with Gasteiger partial charge in [-0.15, -0.1) is 0 Å². The average molecular weight is 355 g/mol. The van der Waals surface area contributed by atoms with Crippen molar-refractivity contribution in [2.75, 3.05) is 32.8 Å². The van der Waals surface area contributed by atoms with E-state index < -0.39 is 5.41 Å². The topological polar surface area (TPSA) is 85.8 Å². The van der Waals surface area contributed by atoms with Gasteiger partial charge >= 0.3 is 0 Å². The fourth-order valence-corrected chi connectivity index (χ4v) is 3.42. The van der Waals surface area contributed by atoms with Crippen molar-refractivity contribution >= 4 is 11.9 Å². The van der Waals surface area contributed by atoms with Gasteiger partial charge in [0.15, 0.2) is 5.96 Å². The van der Waals surface area contributed by atoms with Gasteiger partial charge in [0.05, 0.1) is 12.0 Å². The number of nitrogens with one attached hydrogen (secondary N) is 3. The van der Waals surface area contributed by atoms with Gasteiger partial charge in [0.1, 0.15) is 0 Å². The maximum Gasteiger partial charge on any atom is 0.227 e. The van der Waals surface area contributed by atoms with Crippen molar-refractivity contribution in [3.63, 3.8) is 0 Å². The van der Waals surface area contributed by atoms with Gasteiger partial charge in [-0.25, -0.2) is 0 Å². The molecule has 6 heteroatoms. The number of hydrogen-bond acceptors (Lipinski definition) is 3. The molecule has 0 aromatic carbocycles. The highest BCUT2D eigenvalue weighted by Crippen LogP contribution is 2.38. The summed E-state index contributed by atoms with van der Waals surface area (Å²) in [6.45, 7) is 10.7. The summed E-state index contributed by atoms with van der Waals surface area (Å²) in [7, 11) is 0. The molecule has 1 aliphatic carbocycles. The van der Waals surface area contributed by atoms with Crippen LogP contribution in [0.4, 0.5) is 0 Å². The van der Waals surface area contributed by atoms with Gasteiger partial charge in [-0.1, -0.05) is 19.3 Å². The molecule has 0 spiro atoms. The highest BCUT2D eigenvalue weighted by Gasteiger charge is 2.32. The third-order valence-electron chi connectivity index (χ3n) is 5.12.